The van der Waals surface area contributed by atoms with Crippen molar-refractivity contribution in [2.24, 2.45) is 5.41 Å². The summed E-state index contributed by atoms with van der Waals surface area (Å²) in [6.45, 7) is 3.43. The van der Waals surface area contributed by atoms with E-state index in [0.717, 1.165) is 0 Å². The SMILES string of the molecule is CCC(C)(CNC(=O)c1ccncc1OC)C(=O)O. The zero-order valence-electron chi connectivity index (χ0n) is 11.3. The summed E-state index contributed by atoms with van der Waals surface area (Å²) in [5.74, 6) is -0.953. The van der Waals surface area contributed by atoms with Gasteiger partial charge in [-0.3, -0.25) is 14.6 Å². The first-order valence-electron chi connectivity index (χ1n) is 5.94. The van der Waals surface area contributed by atoms with Gasteiger partial charge in [0.05, 0.1) is 24.3 Å². The number of methoxy groups -OCH3 is 1. The molecule has 1 heterocycles. The van der Waals surface area contributed by atoms with Crippen LogP contribution in [-0.2, 0) is 4.79 Å². The van der Waals surface area contributed by atoms with E-state index < -0.39 is 11.4 Å². The van der Waals surface area contributed by atoms with Gasteiger partial charge in [-0.25, -0.2) is 0 Å². The molecule has 0 saturated heterocycles. The van der Waals surface area contributed by atoms with Gasteiger partial charge in [0.1, 0.15) is 5.75 Å². The smallest absolute Gasteiger partial charge is 0.311 e. The monoisotopic (exact) mass is 266 g/mol. The van der Waals surface area contributed by atoms with E-state index in [9.17, 15) is 9.59 Å². The Morgan fingerprint density at radius 2 is 2.21 bits per heavy atom. The molecule has 0 bridgehead atoms. The second-order valence-corrected chi connectivity index (χ2v) is 4.48. The fourth-order valence-corrected chi connectivity index (χ4v) is 1.45. The molecule has 1 unspecified atom stereocenters. The minimum Gasteiger partial charge on any atom is -0.494 e. The van der Waals surface area contributed by atoms with Crippen LogP contribution in [-0.4, -0.2) is 35.6 Å². The molecule has 1 atom stereocenters. The minimum absolute atomic E-state index is 0.0587. The lowest BCUT2D eigenvalue weighted by molar-refractivity contribution is -0.147. The number of aliphatic carboxylic acids is 1. The van der Waals surface area contributed by atoms with E-state index in [2.05, 4.69) is 10.3 Å². The molecule has 104 valence electrons. The number of carboxylic acid groups (broad SMARTS) is 1. The van der Waals surface area contributed by atoms with Crippen LogP contribution in [0.5, 0.6) is 5.75 Å². The fraction of sp³-hybridized carbons (Fsp3) is 0.462. The van der Waals surface area contributed by atoms with Gasteiger partial charge < -0.3 is 15.2 Å². The highest BCUT2D eigenvalue weighted by Crippen LogP contribution is 2.21. The first-order valence-corrected chi connectivity index (χ1v) is 5.94. The molecule has 6 nitrogen and oxygen atoms in total. The van der Waals surface area contributed by atoms with Crippen molar-refractivity contribution in [3.8, 4) is 5.75 Å². The molecule has 0 aliphatic heterocycles. The maximum Gasteiger partial charge on any atom is 0.311 e. The highest BCUT2D eigenvalue weighted by atomic mass is 16.5. The summed E-state index contributed by atoms with van der Waals surface area (Å²) in [4.78, 5) is 27.0. The predicted molar refractivity (Wildman–Crippen MR) is 69.2 cm³/mol. The molecule has 19 heavy (non-hydrogen) atoms. The number of pyridine rings is 1. The molecular formula is C13H18N2O4. The van der Waals surface area contributed by atoms with Crippen LogP contribution in [0.25, 0.3) is 0 Å². The number of aromatic nitrogens is 1. The lowest BCUT2D eigenvalue weighted by atomic mass is 9.87. The van der Waals surface area contributed by atoms with Gasteiger partial charge in [-0.1, -0.05) is 6.92 Å². The number of carbonyl (C=O) groups excluding carboxylic acids is 1. The van der Waals surface area contributed by atoms with Gasteiger partial charge >= 0.3 is 5.97 Å². The number of amides is 1. The summed E-state index contributed by atoms with van der Waals surface area (Å²) in [6.07, 6.45) is 3.34. The average molecular weight is 266 g/mol. The normalized spacial score (nSPS) is 13.4. The molecule has 0 saturated carbocycles. The van der Waals surface area contributed by atoms with E-state index in [4.69, 9.17) is 9.84 Å². The molecule has 1 rings (SSSR count). The van der Waals surface area contributed by atoms with Gasteiger partial charge in [-0.2, -0.15) is 0 Å². The van der Waals surface area contributed by atoms with Gasteiger partial charge in [0, 0.05) is 12.7 Å². The highest BCUT2D eigenvalue weighted by Gasteiger charge is 2.31. The van der Waals surface area contributed by atoms with Crippen LogP contribution >= 0.6 is 0 Å². The molecule has 0 radical (unpaired) electrons. The Labute approximate surface area is 111 Å². The van der Waals surface area contributed by atoms with Crippen molar-refractivity contribution in [2.45, 2.75) is 20.3 Å². The standard InChI is InChI=1S/C13H18N2O4/c1-4-13(2,12(17)18)8-15-11(16)9-5-6-14-7-10(9)19-3/h5-7H,4,8H2,1-3H3,(H,15,16)(H,17,18). The summed E-state index contributed by atoms with van der Waals surface area (Å²) >= 11 is 0. The summed E-state index contributed by atoms with van der Waals surface area (Å²) in [7, 11) is 1.45. The lowest BCUT2D eigenvalue weighted by Gasteiger charge is -2.23. The summed E-state index contributed by atoms with van der Waals surface area (Å²) in [5.41, 5.74) is -0.642. The zero-order chi connectivity index (χ0) is 14.5. The largest absolute Gasteiger partial charge is 0.494 e. The number of hydrogen-bond acceptors (Lipinski definition) is 4. The van der Waals surface area contributed by atoms with E-state index in [0.29, 0.717) is 17.7 Å². The van der Waals surface area contributed by atoms with Crippen molar-refractivity contribution >= 4 is 11.9 Å². The van der Waals surface area contributed by atoms with Crippen LogP contribution in [0, 0.1) is 5.41 Å². The van der Waals surface area contributed by atoms with Gasteiger partial charge in [0.2, 0.25) is 0 Å². The fourth-order valence-electron chi connectivity index (χ4n) is 1.45. The first-order chi connectivity index (χ1) is 8.94. The van der Waals surface area contributed by atoms with Crippen LogP contribution < -0.4 is 10.1 Å². The molecule has 0 fully saturated rings. The Bertz CT molecular complexity index is 475. The molecule has 0 spiro atoms. The van der Waals surface area contributed by atoms with Gasteiger partial charge in [0.25, 0.3) is 5.91 Å². The van der Waals surface area contributed by atoms with E-state index in [1.54, 1.807) is 13.8 Å². The first kappa shape index (κ1) is 14.9. The van der Waals surface area contributed by atoms with Crippen LogP contribution in [0.1, 0.15) is 30.6 Å². The number of hydrogen-bond donors (Lipinski definition) is 2. The van der Waals surface area contributed by atoms with Crippen molar-refractivity contribution in [3.05, 3.63) is 24.0 Å². The van der Waals surface area contributed by atoms with Crippen LogP contribution in [0.15, 0.2) is 18.5 Å². The molecule has 6 heteroatoms. The second-order valence-electron chi connectivity index (χ2n) is 4.48. The molecule has 1 amide bonds. The molecule has 0 aliphatic carbocycles. The Balaban J connectivity index is 2.78. The van der Waals surface area contributed by atoms with E-state index in [1.165, 1.54) is 25.6 Å². The van der Waals surface area contributed by atoms with E-state index in [1.807, 2.05) is 0 Å². The molecular weight excluding hydrogens is 248 g/mol. The maximum atomic E-state index is 12.0. The van der Waals surface area contributed by atoms with Crippen molar-refractivity contribution in [1.82, 2.24) is 10.3 Å². The Morgan fingerprint density at radius 1 is 1.53 bits per heavy atom. The third-order valence-corrected chi connectivity index (χ3v) is 3.18. The third-order valence-electron chi connectivity index (χ3n) is 3.18. The number of nitrogens with zero attached hydrogens (tertiary/aromatic N) is 1. The van der Waals surface area contributed by atoms with E-state index in [-0.39, 0.29) is 12.5 Å². The third kappa shape index (κ3) is 3.43. The van der Waals surface area contributed by atoms with Crippen molar-refractivity contribution < 1.29 is 19.4 Å². The number of ether oxygens (including phenoxy) is 1. The number of carboxylic acids is 1. The van der Waals surface area contributed by atoms with Gasteiger partial charge in [-0.15, -0.1) is 0 Å². The molecule has 1 aromatic heterocycles. The van der Waals surface area contributed by atoms with Crippen molar-refractivity contribution in [2.75, 3.05) is 13.7 Å². The zero-order valence-corrected chi connectivity index (χ0v) is 11.3. The Hall–Kier alpha value is -2.11. The predicted octanol–water partition coefficient (Wildman–Crippen LogP) is 1.32. The van der Waals surface area contributed by atoms with Crippen LogP contribution in [0.2, 0.25) is 0 Å². The molecule has 0 aromatic carbocycles. The molecule has 0 aliphatic rings. The average Bonchev–Trinajstić information content (AvgIpc) is 2.43. The topological polar surface area (TPSA) is 88.5 Å². The van der Waals surface area contributed by atoms with Gasteiger partial charge in [-0.05, 0) is 19.4 Å². The maximum absolute atomic E-state index is 12.0. The van der Waals surface area contributed by atoms with Crippen LogP contribution in [0.4, 0.5) is 0 Å². The van der Waals surface area contributed by atoms with Crippen molar-refractivity contribution in [1.29, 1.82) is 0 Å². The lowest BCUT2D eigenvalue weighted by Crippen LogP contribution is -2.40. The summed E-state index contributed by atoms with van der Waals surface area (Å²) in [6, 6.07) is 1.53. The summed E-state index contributed by atoms with van der Waals surface area (Å²) < 4.78 is 5.03. The number of carbonyl (C=O) groups is 2. The number of nitrogens with one attached hydrogen (secondary N) is 1. The Kier molecular flexibility index (Phi) is 4.86. The quantitative estimate of drug-likeness (QED) is 0.810. The number of rotatable bonds is 6. The molecule has 1 aromatic rings. The summed E-state index contributed by atoms with van der Waals surface area (Å²) in [5, 5.41) is 11.7. The van der Waals surface area contributed by atoms with Gasteiger partial charge in [0.15, 0.2) is 0 Å². The van der Waals surface area contributed by atoms with Crippen molar-refractivity contribution in [3.63, 3.8) is 0 Å². The molecule has 2 N–H and O–H groups in total. The van der Waals surface area contributed by atoms with E-state index >= 15 is 0 Å². The second kappa shape index (κ2) is 6.17. The highest BCUT2D eigenvalue weighted by molar-refractivity contribution is 5.97. The minimum atomic E-state index is -0.976. The van der Waals surface area contributed by atoms with Crippen LogP contribution in [0.3, 0.4) is 0 Å². The Morgan fingerprint density at radius 3 is 2.74 bits per heavy atom.